The summed E-state index contributed by atoms with van der Waals surface area (Å²) in [5, 5.41) is 2.94. The lowest BCUT2D eigenvalue weighted by molar-refractivity contribution is -0.125. The molecule has 6 heteroatoms. The quantitative estimate of drug-likeness (QED) is 0.643. The van der Waals surface area contributed by atoms with Gasteiger partial charge in [-0.05, 0) is 31.9 Å². The van der Waals surface area contributed by atoms with E-state index in [4.69, 9.17) is 9.47 Å². The highest BCUT2D eigenvalue weighted by Crippen LogP contribution is 2.17. The molecule has 1 N–H and O–H groups in total. The van der Waals surface area contributed by atoms with E-state index >= 15 is 0 Å². The largest absolute Gasteiger partial charge is 0.477 e. The summed E-state index contributed by atoms with van der Waals surface area (Å²) in [5.41, 5.74) is 0.233. The average molecular weight is 320 g/mol. The van der Waals surface area contributed by atoms with Crippen molar-refractivity contribution in [2.24, 2.45) is 0 Å². The van der Waals surface area contributed by atoms with E-state index in [2.05, 4.69) is 10.3 Å². The van der Waals surface area contributed by atoms with Crippen LogP contribution in [0.15, 0.2) is 18.3 Å². The van der Waals surface area contributed by atoms with Gasteiger partial charge < -0.3 is 14.8 Å². The van der Waals surface area contributed by atoms with E-state index < -0.39 is 5.97 Å². The van der Waals surface area contributed by atoms with Crippen molar-refractivity contribution in [3.8, 4) is 5.88 Å². The summed E-state index contributed by atoms with van der Waals surface area (Å²) >= 11 is 0. The Kier molecular flexibility index (Phi) is 6.84. The Balaban J connectivity index is 1.82. The zero-order chi connectivity index (χ0) is 16.5. The van der Waals surface area contributed by atoms with Gasteiger partial charge in [-0.3, -0.25) is 4.79 Å². The van der Waals surface area contributed by atoms with Crippen molar-refractivity contribution in [1.29, 1.82) is 0 Å². The molecule has 1 aliphatic carbocycles. The number of ether oxygens (including phenoxy) is 2. The first-order valence-electron chi connectivity index (χ1n) is 8.25. The molecule has 23 heavy (non-hydrogen) atoms. The lowest BCUT2D eigenvalue weighted by Gasteiger charge is -2.16. The molecule has 6 nitrogen and oxygen atoms in total. The first kappa shape index (κ1) is 17.2. The number of nitrogens with zero attached hydrogens (tertiary/aromatic N) is 1. The van der Waals surface area contributed by atoms with E-state index in [1.807, 2.05) is 6.92 Å². The summed E-state index contributed by atoms with van der Waals surface area (Å²) < 4.78 is 10.4. The maximum Gasteiger partial charge on any atom is 0.344 e. The minimum Gasteiger partial charge on any atom is -0.477 e. The van der Waals surface area contributed by atoms with E-state index in [0.29, 0.717) is 6.61 Å². The maximum absolute atomic E-state index is 12.1. The van der Waals surface area contributed by atoms with Crippen LogP contribution in [0.1, 0.15) is 55.8 Å². The number of pyridine rings is 1. The summed E-state index contributed by atoms with van der Waals surface area (Å²) in [6.45, 7) is 1.93. The van der Waals surface area contributed by atoms with Crippen molar-refractivity contribution in [2.45, 2.75) is 51.5 Å². The second kappa shape index (κ2) is 9.12. The van der Waals surface area contributed by atoms with Crippen LogP contribution in [0.4, 0.5) is 0 Å². The first-order valence-corrected chi connectivity index (χ1v) is 8.25. The van der Waals surface area contributed by atoms with Crippen molar-refractivity contribution in [1.82, 2.24) is 10.3 Å². The van der Waals surface area contributed by atoms with Gasteiger partial charge in [-0.15, -0.1) is 0 Å². The molecular weight excluding hydrogens is 296 g/mol. The first-order chi connectivity index (χ1) is 11.2. The molecule has 0 spiro atoms. The van der Waals surface area contributed by atoms with E-state index in [0.717, 1.165) is 25.7 Å². The van der Waals surface area contributed by atoms with Crippen LogP contribution in [0.3, 0.4) is 0 Å². The molecule has 1 amide bonds. The third-order valence-electron chi connectivity index (χ3n) is 3.83. The van der Waals surface area contributed by atoms with Crippen molar-refractivity contribution in [2.75, 3.05) is 13.2 Å². The van der Waals surface area contributed by atoms with Gasteiger partial charge in [0, 0.05) is 12.2 Å². The molecule has 126 valence electrons. The molecule has 0 bridgehead atoms. The predicted molar refractivity (Wildman–Crippen MR) is 85.3 cm³/mol. The number of aromatic nitrogens is 1. The van der Waals surface area contributed by atoms with Crippen LogP contribution in [-0.4, -0.2) is 36.1 Å². The van der Waals surface area contributed by atoms with Gasteiger partial charge in [-0.2, -0.15) is 0 Å². The van der Waals surface area contributed by atoms with Crippen molar-refractivity contribution >= 4 is 11.9 Å². The minimum atomic E-state index is -0.599. The van der Waals surface area contributed by atoms with Gasteiger partial charge in [0.25, 0.3) is 5.91 Å². The van der Waals surface area contributed by atoms with E-state index in [1.165, 1.54) is 12.8 Å². The molecule has 0 saturated heterocycles. The smallest absolute Gasteiger partial charge is 0.344 e. The lowest BCUT2D eigenvalue weighted by atomic mass is 10.1. The standard InChI is InChI=1S/C17H24N2O4/c1-2-22-16-14(10-7-11-18-16)17(21)23-12-15(20)19-13-8-5-3-4-6-9-13/h7,10-11,13H,2-6,8-9,12H2,1H3,(H,19,20). The zero-order valence-electron chi connectivity index (χ0n) is 13.5. The highest BCUT2D eigenvalue weighted by atomic mass is 16.5. The van der Waals surface area contributed by atoms with Gasteiger partial charge in [0.15, 0.2) is 6.61 Å². The van der Waals surface area contributed by atoms with Crippen LogP contribution >= 0.6 is 0 Å². The van der Waals surface area contributed by atoms with Gasteiger partial charge in [0.05, 0.1) is 6.61 Å². The molecule has 1 fully saturated rings. The van der Waals surface area contributed by atoms with Gasteiger partial charge >= 0.3 is 5.97 Å². The molecule has 0 radical (unpaired) electrons. The van der Waals surface area contributed by atoms with Crippen LogP contribution in [0.25, 0.3) is 0 Å². The number of carbonyl (C=O) groups is 2. The van der Waals surface area contributed by atoms with Gasteiger partial charge in [-0.1, -0.05) is 25.7 Å². The Morgan fingerprint density at radius 1 is 1.26 bits per heavy atom. The Morgan fingerprint density at radius 3 is 2.70 bits per heavy atom. The number of nitrogens with one attached hydrogen (secondary N) is 1. The monoisotopic (exact) mass is 320 g/mol. The lowest BCUT2D eigenvalue weighted by Crippen LogP contribution is -2.37. The Bertz CT molecular complexity index is 525. The number of rotatable bonds is 6. The summed E-state index contributed by atoms with van der Waals surface area (Å²) in [4.78, 5) is 28.0. The molecule has 1 heterocycles. The molecule has 1 aromatic heterocycles. The summed E-state index contributed by atoms with van der Waals surface area (Å²) in [6.07, 6.45) is 8.26. The van der Waals surface area contributed by atoms with Crippen molar-refractivity contribution in [3.63, 3.8) is 0 Å². The highest BCUT2D eigenvalue weighted by molar-refractivity contribution is 5.93. The normalized spacial score (nSPS) is 15.5. The van der Waals surface area contributed by atoms with Crippen LogP contribution in [0.5, 0.6) is 5.88 Å². The Hall–Kier alpha value is -2.11. The fourth-order valence-electron chi connectivity index (χ4n) is 2.70. The molecule has 1 saturated carbocycles. The molecule has 1 aromatic rings. The fraction of sp³-hybridized carbons (Fsp3) is 0.588. The number of esters is 1. The zero-order valence-corrected chi connectivity index (χ0v) is 13.5. The SMILES string of the molecule is CCOc1ncccc1C(=O)OCC(=O)NC1CCCCCC1. The van der Waals surface area contributed by atoms with Crippen LogP contribution in [0, 0.1) is 0 Å². The second-order valence-electron chi connectivity index (χ2n) is 5.62. The molecule has 2 rings (SSSR count). The van der Waals surface area contributed by atoms with Crippen LogP contribution in [-0.2, 0) is 9.53 Å². The predicted octanol–water partition coefficient (Wildman–Crippen LogP) is 2.48. The minimum absolute atomic E-state index is 0.195. The summed E-state index contributed by atoms with van der Waals surface area (Å²) in [5.74, 6) is -0.631. The molecule has 1 aliphatic rings. The van der Waals surface area contributed by atoms with Crippen LogP contribution in [0.2, 0.25) is 0 Å². The van der Waals surface area contributed by atoms with Gasteiger partial charge in [0.1, 0.15) is 5.56 Å². The number of amides is 1. The molecule has 0 unspecified atom stereocenters. The second-order valence-corrected chi connectivity index (χ2v) is 5.62. The number of hydrogen-bond donors (Lipinski definition) is 1. The summed E-state index contributed by atoms with van der Waals surface area (Å²) in [7, 11) is 0. The van der Waals surface area contributed by atoms with Crippen molar-refractivity contribution in [3.05, 3.63) is 23.9 Å². The molecule has 0 aromatic carbocycles. The molecule has 0 aliphatic heterocycles. The van der Waals surface area contributed by atoms with E-state index in [1.54, 1.807) is 18.3 Å². The average Bonchev–Trinajstić information content (AvgIpc) is 2.82. The van der Waals surface area contributed by atoms with Crippen LogP contribution < -0.4 is 10.1 Å². The topological polar surface area (TPSA) is 77.5 Å². The van der Waals surface area contributed by atoms with E-state index in [-0.39, 0.29) is 30.0 Å². The third-order valence-corrected chi connectivity index (χ3v) is 3.83. The number of hydrogen-bond acceptors (Lipinski definition) is 5. The fourth-order valence-corrected chi connectivity index (χ4v) is 2.70. The Labute approximate surface area is 136 Å². The van der Waals surface area contributed by atoms with Crippen molar-refractivity contribution < 1.29 is 19.1 Å². The molecular formula is C17H24N2O4. The maximum atomic E-state index is 12.1. The third kappa shape index (κ3) is 5.54. The Morgan fingerprint density at radius 2 is 2.00 bits per heavy atom. The van der Waals surface area contributed by atoms with Gasteiger partial charge in [-0.25, -0.2) is 9.78 Å². The van der Waals surface area contributed by atoms with E-state index in [9.17, 15) is 9.59 Å². The van der Waals surface area contributed by atoms with Gasteiger partial charge in [0.2, 0.25) is 5.88 Å². The molecule has 0 atom stereocenters. The number of carbonyl (C=O) groups excluding carboxylic acids is 2. The summed E-state index contributed by atoms with van der Waals surface area (Å²) in [6, 6.07) is 3.40. The highest BCUT2D eigenvalue weighted by Gasteiger charge is 2.18.